The van der Waals surface area contributed by atoms with Crippen molar-refractivity contribution in [2.45, 2.75) is 76.8 Å². The maximum absolute atomic E-state index is 15.6. The first-order chi connectivity index (χ1) is 35.3. The monoisotopic (exact) mass is 1050 g/mol. The number of halogens is 2. The number of nitrogens with zero attached hydrogens (tertiary/aromatic N) is 6. The Morgan fingerprint density at radius 2 is 1.84 bits per heavy atom. The molecule has 0 spiro atoms. The molecule has 19 nitrogen and oxygen atoms in total. The number of β-amino-alcohol motifs (C(OH)–C–C–N with tert-alkyl or cyclic N) is 1. The summed E-state index contributed by atoms with van der Waals surface area (Å²) in [4.78, 5) is 75.5. The number of carbonyl (C=O) groups is 3. The maximum Gasteiger partial charge on any atom is 0.275 e. The molecule has 5 aromatic heterocycles. The van der Waals surface area contributed by atoms with Crippen LogP contribution >= 0.6 is 11.3 Å². The number of ether oxygens (including phenoxy) is 1. The van der Waals surface area contributed by atoms with Crippen molar-refractivity contribution in [3.8, 4) is 33.2 Å². The molecule has 2 aliphatic heterocycles. The molecule has 0 aliphatic carbocycles. The van der Waals surface area contributed by atoms with Crippen LogP contribution in [-0.2, 0) is 38.8 Å². The van der Waals surface area contributed by atoms with Gasteiger partial charge in [-0.15, -0.1) is 11.3 Å². The van der Waals surface area contributed by atoms with E-state index in [0.29, 0.717) is 53.2 Å². The first-order valence-corrected chi connectivity index (χ1v) is 26.8. The van der Waals surface area contributed by atoms with Gasteiger partial charge in [-0.3, -0.25) is 19.2 Å². The minimum atomic E-state index is -3.70. The molecular weight excluding hydrogens is 1000 g/mol. The van der Waals surface area contributed by atoms with E-state index in [4.69, 9.17) is 14.1 Å². The van der Waals surface area contributed by atoms with Gasteiger partial charge in [-0.2, -0.15) is 5.48 Å². The van der Waals surface area contributed by atoms with Crippen LogP contribution in [0.1, 0.15) is 78.4 Å². The Bertz CT molecular complexity index is 3450. The molecule has 3 atom stereocenters. The summed E-state index contributed by atoms with van der Waals surface area (Å²) in [6.45, 7) is 5.89. The average molecular weight is 1050 g/mol. The Balaban J connectivity index is 0.817. The standard InChI is InChI=1S/C51H53F2N9O10S2/c1-27(2)43(50(66)62-23-33(63)17-40(62)49(65)59-71-34-11-9-29(10-12-34)46-28(3)57-26-73-46)41-19-42(58-72-41)70-14-8-6-7-13-54-48(64)35-18-39-36(15-30(35)25-74(5,68)69)37-24-60(4)51(67)45-44(37)31(20-55-45)22-61(39)47-38(53)16-32(52)21-56-47/h9-12,15-16,18-21,24,26-27,33,40,43,55,63H,6-8,13-14,17,22-23,25H2,1-5H3,(H,54,64)(H,59,65)/t33-,40+,43?/m1/s1. The molecule has 7 aromatic rings. The van der Waals surface area contributed by atoms with Crippen molar-refractivity contribution in [2.24, 2.45) is 13.0 Å². The number of carbonyl (C=O) groups excluding carboxylic acids is 3. The predicted molar refractivity (Wildman–Crippen MR) is 270 cm³/mol. The van der Waals surface area contributed by atoms with Gasteiger partial charge in [-0.25, -0.2) is 27.2 Å². The molecule has 0 radical (unpaired) electrons. The van der Waals surface area contributed by atoms with Crippen molar-refractivity contribution < 1.29 is 50.8 Å². The number of aliphatic hydroxyl groups excluding tert-OH is 1. The van der Waals surface area contributed by atoms with Crippen LogP contribution in [0.25, 0.3) is 32.5 Å². The summed E-state index contributed by atoms with van der Waals surface area (Å²) in [5.74, 6) is -4.62. The number of likely N-dealkylation sites (tertiary alicyclic amines) is 1. The van der Waals surface area contributed by atoms with Gasteiger partial charge in [0.15, 0.2) is 33.0 Å². The number of benzene rings is 2. The summed E-state index contributed by atoms with van der Waals surface area (Å²) in [6, 6.07) is 11.4. The summed E-state index contributed by atoms with van der Waals surface area (Å²) >= 11 is 1.52. The number of anilines is 2. The number of aliphatic hydroxyl groups is 1. The average Bonchev–Trinajstić information content (AvgIpc) is 4.17. The number of unbranched alkanes of at least 4 members (excludes halogenated alkanes) is 2. The van der Waals surface area contributed by atoms with Gasteiger partial charge in [0.25, 0.3) is 23.3 Å². The zero-order valence-corrected chi connectivity index (χ0v) is 42.6. The van der Waals surface area contributed by atoms with Crippen LogP contribution in [0.5, 0.6) is 11.6 Å². The molecule has 0 bridgehead atoms. The highest BCUT2D eigenvalue weighted by Gasteiger charge is 2.44. The van der Waals surface area contributed by atoms with Crippen molar-refractivity contribution in [1.29, 1.82) is 0 Å². The van der Waals surface area contributed by atoms with Crippen molar-refractivity contribution in [2.75, 3.05) is 30.9 Å². The Labute approximate surface area is 427 Å². The minimum absolute atomic E-state index is 0.0116. The number of amides is 3. The smallest absolute Gasteiger partial charge is 0.275 e. The fourth-order valence-corrected chi connectivity index (χ4v) is 11.1. The van der Waals surface area contributed by atoms with Gasteiger partial charge in [-0.1, -0.05) is 13.8 Å². The fraction of sp³-hybridized carbons (Fsp3) is 0.353. The van der Waals surface area contributed by atoms with E-state index in [2.05, 4.69) is 30.9 Å². The minimum Gasteiger partial charge on any atom is -0.476 e. The molecule has 1 fully saturated rings. The third-order valence-corrected chi connectivity index (χ3v) is 14.8. The molecule has 7 heterocycles. The number of hydrogen-bond donors (Lipinski definition) is 4. The normalized spacial score (nSPS) is 15.8. The van der Waals surface area contributed by atoms with Crippen LogP contribution in [0.2, 0.25) is 0 Å². The van der Waals surface area contributed by atoms with Crippen LogP contribution in [0.15, 0.2) is 81.9 Å². The second kappa shape index (κ2) is 21.2. The number of aromatic nitrogens is 5. The van der Waals surface area contributed by atoms with Crippen LogP contribution in [0.3, 0.4) is 0 Å². The second-order valence-corrected chi connectivity index (χ2v) is 21.9. The first kappa shape index (κ1) is 51.4. The molecule has 3 amide bonds. The van der Waals surface area contributed by atoms with Crippen molar-refractivity contribution in [3.05, 3.63) is 123 Å². The number of sulfone groups is 1. The molecule has 74 heavy (non-hydrogen) atoms. The van der Waals surface area contributed by atoms with E-state index in [1.807, 2.05) is 32.9 Å². The number of nitrogens with one attached hydrogen (secondary N) is 3. The molecule has 388 valence electrons. The number of thiazole rings is 1. The van der Waals surface area contributed by atoms with Gasteiger partial charge in [0.05, 0.1) is 53.0 Å². The summed E-state index contributed by atoms with van der Waals surface area (Å²) in [5.41, 5.74) is 8.04. The second-order valence-electron chi connectivity index (χ2n) is 18.9. The zero-order chi connectivity index (χ0) is 52.6. The van der Waals surface area contributed by atoms with Crippen LogP contribution < -0.4 is 30.8 Å². The Kier molecular flexibility index (Phi) is 14.7. The highest BCUT2D eigenvalue weighted by Crippen LogP contribution is 2.45. The fourth-order valence-electron chi connectivity index (χ4n) is 9.51. The largest absolute Gasteiger partial charge is 0.476 e. The number of fused-ring (bicyclic) bond motifs is 2. The molecule has 2 aliphatic rings. The SMILES string of the molecule is Cc1ncsc1-c1ccc(ONC(=O)[C@@H]2C[C@@H](O)CN2C(=O)C(c2cc(OCCCCCNC(=O)c3cc4c(cc3CS(C)(=O)=O)-c3cn(C)c(=O)c5[nH]cc(c35)CN4c3ncc(F)cc3F)no2)C(C)C)cc1. The third kappa shape index (κ3) is 10.8. The number of pyridine rings is 2. The van der Waals surface area contributed by atoms with Crippen LogP contribution in [0, 0.1) is 24.5 Å². The van der Waals surface area contributed by atoms with Gasteiger partial charge in [0, 0.05) is 79.4 Å². The molecule has 0 saturated carbocycles. The quantitative estimate of drug-likeness (QED) is 0.0522. The molecule has 1 unspecified atom stereocenters. The number of rotatable bonds is 18. The summed E-state index contributed by atoms with van der Waals surface area (Å²) in [5, 5.41) is 18.0. The van der Waals surface area contributed by atoms with E-state index >= 15 is 4.39 Å². The maximum atomic E-state index is 15.6. The van der Waals surface area contributed by atoms with E-state index in [1.54, 1.807) is 43.2 Å². The van der Waals surface area contributed by atoms with E-state index in [0.717, 1.165) is 28.6 Å². The number of H-pyrrole nitrogens is 1. The molecule has 1 saturated heterocycles. The van der Waals surface area contributed by atoms with Gasteiger partial charge in [0.1, 0.15) is 23.3 Å². The predicted octanol–water partition coefficient (Wildman–Crippen LogP) is 6.61. The number of hydrogen-bond acceptors (Lipinski definition) is 15. The van der Waals surface area contributed by atoms with Gasteiger partial charge in [-0.05, 0) is 90.3 Å². The topological polar surface area (TPSA) is 244 Å². The van der Waals surface area contributed by atoms with Crippen molar-refractivity contribution in [3.63, 3.8) is 0 Å². The lowest BCUT2D eigenvalue weighted by Gasteiger charge is -2.28. The van der Waals surface area contributed by atoms with Crippen LogP contribution in [-0.4, -0.2) is 98.9 Å². The van der Waals surface area contributed by atoms with E-state index in [1.165, 1.54) is 37.8 Å². The van der Waals surface area contributed by atoms with Gasteiger partial charge >= 0.3 is 0 Å². The summed E-state index contributed by atoms with van der Waals surface area (Å²) in [6.07, 6.45) is 5.83. The summed E-state index contributed by atoms with van der Waals surface area (Å²) < 4.78 is 68.2. The lowest BCUT2D eigenvalue weighted by molar-refractivity contribution is -0.143. The Morgan fingerprint density at radius 3 is 2.55 bits per heavy atom. The molecule has 4 N–H and O–H groups in total. The van der Waals surface area contributed by atoms with Crippen molar-refractivity contribution in [1.82, 2.24) is 40.4 Å². The Hall–Kier alpha value is -7.50. The molecular formula is C51H53F2N9O10S2. The number of aryl methyl sites for hydroxylation is 2. The Morgan fingerprint density at radius 1 is 1.05 bits per heavy atom. The van der Waals surface area contributed by atoms with Gasteiger partial charge < -0.3 is 43.9 Å². The molecule has 23 heteroatoms. The van der Waals surface area contributed by atoms with E-state index < -0.39 is 63.0 Å². The van der Waals surface area contributed by atoms with Crippen LogP contribution in [0.4, 0.5) is 20.3 Å². The highest BCUT2D eigenvalue weighted by atomic mass is 32.2. The van der Waals surface area contributed by atoms with E-state index in [-0.39, 0.29) is 83.9 Å². The summed E-state index contributed by atoms with van der Waals surface area (Å²) in [7, 11) is -2.14. The lowest BCUT2D eigenvalue weighted by Crippen LogP contribution is -2.48. The zero-order valence-electron chi connectivity index (χ0n) is 41.0. The lowest BCUT2D eigenvalue weighted by atomic mass is 9.91. The van der Waals surface area contributed by atoms with E-state index in [9.17, 15) is 37.1 Å². The third-order valence-electron chi connectivity index (χ3n) is 13.0. The first-order valence-electron chi connectivity index (χ1n) is 23.8. The highest BCUT2D eigenvalue weighted by molar-refractivity contribution is 7.89. The van der Waals surface area contributed by atoms with Crippen molar-refractivity contribution >= 4 is 61.3 Å². The van der Waals surface area contributed by atoms with Gasteiger partial charge in [0.2, 0.25) is 5.91 Å². The molecule has 2 aromatic carbocycles. The molecule has 9 rings (SSSR count). The number of hydroxylamine groups is 1. The number of aromatic amines is 1.